The van der Waals surface area contributed by atoms with Crippen molar-refractivity contribution in [3.8, 4) is 0 Å². The fourth-order valence-corrected chi connectivity index (χ4v) is 1.61. The van der Waals surface area contributed by atoms with Crippen LogP contribution in [0.2, 0.25) is 0 Å². The normalized spacial score (nSPS) is 10.2. The second-order valence-electron chi connectivity index (χ2n) is 4.09. The van der Waals surface area contributed by atoms with Gasteiger partial charge in [-0.05, 0) is 24.3 Å². The van der Waals surface area contributed by atoms with Crippen molar-refractivity contribution >= 4 is 17.6 Å². The van der Waals surface area contributed by atoms with Crippen LogP contribution in [0.1, 0.15) is 20.7 Å². The molecule has 0 aromatic heterocycles. The second kappa shape index (κ2) is 5.66. The SMILES string of the molecule is O=C(O)c1ccc(C(=O)Nc2cc(F)cc(F)c2F)cc1. The lowest BCUT2D eigenvalue weighted by atomic mass is 10.1. The number of hydrogen-bond donors (Lipinski definition) is 2. The summed E-state index contributed by atoms with van der Waals surface area (Å²) in [6.45, 7) is 0. The lowest BCUT2D eigenvalue weighted by Gasteiger charge is -2.07. The van der Waals surface area contributed by atoms with Gasteiger partial charge in [-0.1, -0.05) is 0 Å². The Hall–Kier alpha value is -2.83. The van der Waals surface area contributed by atoms with E-state index >= 15 is 0 Å². The van der Waals surface area contributed by atoms with E-state index in [1.165, 1.54) is 24.3 Å². The zero-order valence-corrected chi connectivity index (χ0v) is 10.4. The maximum Gasteiger partial charge on any atom is 0.335 e. The molecule has 0 spiro atoms. The third kappa shape index (κ3) is 3.19. The average Bonchev–Trinajstić information content (AvgIpc) is 2.44. The fourth-order valence-electron chi connectivity index (χ4n) is 1.61. The number of aromatic carboxylic acids is 1. The van der Waals surface area contributed by atoms with Gasteiger partial charge >= 0.3 is 5.97 Å². The van der Waals surface area contributed by atoms with Gasteiger partial charge in [-0.25, -0.2) is 18.0 Å². The molecule has 0 aliphatic heterocycles. The van der Waals surface area contributed by atoms with Crippen molar-refractivity contribution in [1.29, 1.82) is 0 Å². The summed E-state index contributed by atoms with van der Waals surface area (Å²) < 4.78 is 39.4. The maximum atomic E-state index is 13.4. The summed E-state index contributed by atoms with van der Waals surface area (Å²) in [6, 6.07) is 5.76. The Morgan fingerprint density at radius 2 is 1.52 bits per heavy atom. The Morgan fingerprint density at radius 1 is 0.952 bits per heavy atom. The van der Waals surface area contributed by atoms with Crippen molar-refractivity contribution in [3.63, 3.8) is 0 Å². The molecule has 0 saturated heterocycles. The predicted octanol–water partition coefficient (Wildman–Crippen LogP) is 3.05. The molecule has 0 saturated carbocycles. The molecule has 108 valence electrons. The third-order valence-electron chi connectivity index (χ3n) is 2.64. The largest absolute Gasteiger partial charge is 0.478 e. The number of rotatable bonds is 3. The van der Waals surface area contributed by atoms with Crippen molar-refractivity contribution < 1.29 is 27.9 Å². The van der Waals surface area contributed by atoms with Gasteiger partial charge in [0.25, 0.3) is 5.91 Å². The molecule has 0 bridgehead atoms. The van der Waals surface area contributed by atoms with E-state index in [2.05, 4.69) is 0 Å². The first kappa shape index (κ1) is 14.6. The number of amides is 1. The summed E-state index contributed by atoms with van der Waals surface area (Å²) in [5.41, 5.74) is -0.654. The molecule has 0 fully saturated rings. The average molecular weight is 295 g/mol. The van der Waals surface area contributed by atoms with Gasteiger partial charge in [0.2, 0.25) is 0 Å². The van der Waals surface area contributed by atoms with Crippen molar-refractivity contribution in [2.24, 2.45) is 0 Å². The third-order valence-corrected chi connectivity index (χ3v) is 2.64. The van der Waals surface area contributed by atoms with E-state index in [-0.39, 0.29) is 11.1 Å². The summed E-state index contributed by atoms with van der Waals surface area (Å²) >= 11 is 0. The van der Waals surface area contributed by atoms with Crippen LogP contribution in [-0.4, -0.2) is 17.0 Å². The Kier molecular flexibility index (Phi) is 3.93. The molecule has 0 heterocycles. The quantitative estimate of drug-likeness (QED) is 0.855. The molecule has 2 aromatic carbocycles. The molecule has 0 atom stereocenters. The smallest absolute Gasteiger partial charge is 0.335 e. The van der Waals surface area contributed by atoms with E-state index in [4.69, 9.17) is 5.11 Å². The topological polar surface area (TPSA) is 66.4 Å². The minimum Gasteiger partial charge on any atom is -0.478 e. The zero-order valence-electron chi connectivity index (χ0n) is 10.4. The number of hydrogen-bond acceptors (Lipinski definition) is 2. The van der Waals surface area contributed by atoms with E-state index in [0.717, 1.165) is 0 Å². The van der Waals surface area contributed by atoms with Crippen molar-refractivity contribution in [1.82, 2.24) is 0 Å². The summed E-state index contributed by atoms with van der Waals surface area (Å²) in [7, 11) is 0. The Labute approximate surface area is 116 Å². The lowest BCUT2D eigenvalue weighted by molar-refractivity contribution is 0.0696. The molecule has 2 N–H and O–H groups in total. The van der Waals surface area contributed by atoms with Crippen LogP contribution in [0.25, 0.3) is 0 Å². The molecule has 21 heavy (non-hydrogen) atoms. The highest BCUT2D eigenvalue weighted by molar-refractivity contribution is 6.04. The summed E-state index contributed by atoms with van der Waals surface area (Å²) in [5.74, 6) is -5.83. The van der Waals surface area contributed by atoms with Crippen molar-refractivity contribution in [3.05, 3.63) is 65.0 Å². The molecular weight excluding hydrogens is 287 g/mol. The Balaban J connectivity index is 2.24. The number of carboxylic acids is 1. The first-order valence-corrected chi connectivity index (χ1v) is 5.67. The van der Waals surface area contributed by atoms with Gasteiger partial charge < -0.3 is 10.4 Å². The van der Waals surface area contributed by atoms with Gasteiger partial charge in [0, 0.05) is 17.7 Å². The molecule has 0 aliphatic rings. The molecule has 0 unspecified atom stereocenters. The van der Waals surface area contributed by atoms with Crippen LogP contribution in [-0.2, 0) is 0 Å². The standard InChI is InChI=1S/C14H8F3NO3/c15-9-5-10(16)12(17)11(6-9)18-13(19)7-1-3-8(4-2-7)14(20)21/h1-6H,(H,18,19)(H,20,21). The Bertz CT molecular complexity index is 714. The number of carbonyl (C=O) groups is 2. The van der Waals surface area contributed by atoms with Crippen LogP contribution in [0.5, 0.6) is 0 Å². The van der Waals surface area contributed by atoms with Crippen molar-refractivity contribution in [2.45, 2.75) is 0 Å². The first-order chi connectivity index (χ1) is 9.88. The predicted molar refractivity (Wildman–Crippen MR) is 67.7 cm³/mol. The Morgan fingerprint density at radius 3 is 2.10 bits per heavy atom. The number of benzene rings is 2. The minimum absolute atomic E-state index is 0.0177. The van der Waals surface area contributed by atoms with Gasteiger partial charge in [0.05, 0.1) is 11.3 Å². The number of nitrogens with one attached hydrogen (secondary N) is 1. The van der Waals surface area contributed by atoms with Crippen LogP contribution < -0.4 is 5.32 Å². The highest BCUT2D eigenvalue weighted by Crippen LogP contribution is 2.20. The molecule has 2 rings (SSSR count). The summed E-state index contributed by atoms with van der Waals surface area (Å²) in [6.07, 6.45) is 0. The maximum absolute atomic E-state index is 13.4. The molecule has 4 nitrogen and oxygen atoms in total. The molecule has 0 radical (unpaired) electrons. The van der Waals surface area contributed by atoms with Gasteiger partial charge in [0.1, 0.15) is 5.82 Å². The highest BCUT2D eigenvalue weighted by Gasteiger charge is 2.15. The van der Waals surface area contributed by atoms with E-state index in [9.17, 15) is 22.8 Å². The van der Waals surface area contributed by atoms with Crippen LogP contribution in [0, 0.1) is 17.5 Å². The number of halogens is 3. The fraction of sp³-hybridized carbons (Fsp3) is 0. The van der Waals surface area contributed by atoms with Crippen LogP contribution >= 0.6 is 0 Å². The zero-order chi connectivity index (χ0) is 15.6. The number of carbonyl (C=O) groups excluding carboxylic acids is 1. The highest BCUT2D eigenvalue weighted by atomic mass is 19.2. The van der Waals surface area contributed by atoms with Gasteiger partial charge in [-0.2, -0.15) is 0 Å². The summed E-state index contributed by atoms with van der Waals surface area (Å²) in [5, 5.41) is 10.7. The van der Waals surface area contributed by atoms with Crippen molar-refractivity contribution in [2.75, 3.05) is 5.32 Å². The molecule has 7 heteroatoms. The van der Waals surface area contributed by atoms with Gasteiger partial charge in [-0.15, -0.1) is 0 Å². The molecule has 1 amide bonds. The lowest BCUT2D eigenvalue weighted by Crippen LogP contribution is -2.14. The van der Waals surface area contributed by atoms with Crippen LogP contribution in [0.4, 0.5) is 18.9 Å². The first-order valence-electron chi connectivity index (χ1n) is 5.67. The van der Waals surface area contributed by atoms with E-state index in [0.29, 0.717) is 12.1 Å². The monoisotopic (exact) mass is 295 g/mol. The number of carboxylic acid groups (broad SMARTS) is 1. The molecule has 2 aromatic rings. The van der Waals surface area contributed by atoms with Gasteiger partial charge in [-0.3, -0.25) is 4.79 Å². The second-order valence-corrected chi connectivity index (χ2v) is 4.09. The van der Waals surface area contributed by atoms with Crippen LogP contribution in [0.3, 0.4) is 0 Å². The summed E-state index contributed by atoms with van der Waals surface area (Å²) in [4.78, 5) is 22.5. The van der Waals surface area contributed by atoms with E-state index < -0.39 is 35.0 Å². The van der Waals surface area contributed by atoms with Gasteiger partial charge in [0.15, 0.2) is 11.6 Å². The minimum atomic E-state index is -1.42. The molecular formula is C14H8F3NO3. The number of anilines is 1. The van der Waals surface area contributed by atoms with Crippen LogP contribution in [0.15, 0.2) is 36.4 Å². The van der Waals surface area contributed by atoms with E-state index in [1.807, 2.05) is 5.32 Å². The molecule has 0 aliphatic carbocycles. The van der Waals surface area contributed by atoms with E-state index in [1.54, 1.807) is 0 Å².